The number of amides is 1. The van der Waals surface area contributed by atoms with Crippen molar-refractivity contribution in [2.75, 3.05) is 26.2 Å². The smallest absolute Gasteiger partial charge is 0.410 e. The molecule has 9 nitrogen and oxygen atoms in total. The fourth-order valence-corrected chi connectivity index (χ4v) is 7.19. The van der Waals surface area contributed by atoms with Gasteiger partial charge in [-0.15, -0.1) is 11.3 Å². The van der Waals surface area contributed by atoms with E-state index in [1.54, 1.807) is 17.7 Å². The summed E-state index contributed by atoms with van der Waals surface area (Å²) in [5, 5.41) is 10.9. The summed E-state index contributed by atoms with van der Waals surface area (Å²) in [6.07, 6.45) is 6.92. The van der Waals surface area contributed by atoms with Crippen molar-refractivity contribution in [3.8, 4) is 5.88 Å². The maximum absolute atomic E-state index is 12.4. The highest BCUT2D eigenvalue weighted by Gasteiger charge is 2.35. The maximum Gasteiger partial charge on any atom is 0.410 e. The monoisotopic (exact) mass is 527 g/mol. The minimum absolute atomic E-state index is 0.113. The number of carbonyl (C=O) groups excluding carboxylic acids is 1. The van der Waals surface area contributed by atoms with Crippen LogP contribution in [-0.2, 0) is 11.2 Å². The lowest BCUT2D eigenvalue weighted by atomic mass is 9.91. The lowest BCUT2D eigenvalue weighted by molar-refractivity contribution is 0.00508. The van der Waals surface area contributed by atoms with Crippen molar-refractivity contribution in [1.82, 2.24) is 19.8 Å². The van der Waals surface area contributed by atoms with E-state index in [9.17, 15) is 9.90 Å². The molecular weight excluding hydrogens is 490 g/mol. The summed E-state index contributed by atoms with van der Waals surface area (Å²) < 4.78 is 12.0. The first-order valence-corrected chi connectivity index (χ1v) is 14.2. The number of aliphatic hydroxyl groups excluding tert-OH is 1. The summed E-state index contributed by atoms with van der Waals surface area (Å²) in [5.41, 5.74) is 0.722. The second-order valence-corrected chi connectivity index (χ2v) is 12.5. The molecule has 0 aromatic carbocycles. The third-order valence-electron chi connectivity index (χ3n) is 7.74. The Morgan fingerprint density at radius 3 is 2.59 bits per heavy atom. The topological polar surface area (TPSA) is 92.4 Å². The highest BCUT2D eigenvalue weighted by Crippen LogP contribution is 2.48. The van der Waals surface area contributed by atoms with Gasteiger partial charge in [0.1, 0.15) is 22.9 Å². The fourth-order valence-electron chi connectivity index (χ4n) is 5.95. The Morgan fingerprint density at radius 2 is 1.92 bits per heavy atom. The van der Waals surface area contributed by atoms with E-state index in [2.05, 4.69) is 19.7 Å². The van der Waals surface area contributed by atoms with Gasteiger partial charge in [0.2, 0.25) is 5.88 Å². The van der Waals surface area contributed by atoms with E-state index in [0.29, 0.717) is 31.4 Å². The van der Waals surface area contributed by atoms with Gasteiger partial charge in [-0.2, -0.15) is 0 Å². The minimum atomic E-state index is -0.971. The number of carbonyl (C=O) groups is 1. The number of ether oxygens (including phenoxy) is 2. The molecule has 1 saturated carbocycles. The summed E-state index contributed by atoms with van der Waals surface area (Å²) in [7, 11) is 0. The lowest BCUT2D eigenvalue weighted by Crippen LogP contribution is -2.53. The number of aliphatic hydroxyl groups is 1. The van der Waals surface area contributed by atoms with E-state index in [-0.39, 0.29) is 18.1 Å². The van der Waals surface area contributed by atoms with E-state index >= 15 is 0 Å². The van der Waals surface area contributed by atoms with Gasteiger partial charge in [0.05, 0.1) is 11.8 Å². The number of rotatable bonds is 5. The van der Waals surface area contributed by atoms with Crippen LogP contribution in [0.25, 0.3) is 15.1 Å². The average molecular weight is 528 g/mol. The van der Waals surface area contributed by atoms with Gasteiger partial charge in [0, 0.05) is 37.1 Å². The predicted octanol–water partition coefficient (Wildman–Crippen LogP) is 4.59. The maximum atomic E-state index is 12.4. The summed E-state index contributed by atoms with van der Waals surface area (Å²) in [4.78, 5) is 31.3. The van der Waals surface area contributed by atoms with Crippen molar-refractivity contribution in [3.05, 3.63) is 28.2 Å². The van der Waals surface area contributed by atoms with Crippen molar-refractivity contribution in [3.63, 3.8) is 0 Å². The summed E-state index contributed by atoms with van der Waals surface area (Å²) >= 11 is 1.69. The van der Waals surface area contributed by atoms with Crippen molar-refractivity contribution in [2.24, 2.45) is 0 Å². The first-order valence-electron chi connectivity index (χ1n) is 13.4. The summed E-state index contributed by atoms with van der Waals surface area (Å²) in [5.74, 6) is 0.803. The number of nitrogens with zero attached hydrogens (tertiary/aromatic N) is 5. The van der Waals surface area contributed by atoms with Gasteiger partial charge in [-0.3, -0.25) is 9.74 Å². The highest BCUT2D eigenvalue weighted by atomic mass is 32.1. The molecule has 10 heteroatoms. The molecule has 1 N–H and O–H groups in total. The molecule has 0 spiro atoms. The van der Waals surface area contributed by atoms with Crippen molar-refractivity contribution < 1.29 is 19.4 Å². The number of aromatic nitrogens is 2. The first-order chi connectivity index (χ1) is 17.7. The molecule has 1 amide bonds. The molecule has 2 aliphatic carbocycles. The molecule has 3 heterocycles. The van der Waals surface area contributed by atoms with Crippen LogP contribution in [0.3, 0.4) is 0 Å². The molecule has 1 saturated heterocycles. The molecular formula is C27H37N5O4S. The largest absolute Gasteiger partial charge is 0.474 e. The molecule has 37 heavy (non-hydrogen) atoms. The normalized spacial score (nSPS) is 25.5. The Balaban J connectivity index is 1.18. The number of hydrogen-bond donors (Lipinski definition) is 1. The van der Waals surface area contributed by atoms with Crippen molar-refractivity contribution in [2.45, 2.75) is 95.6 Å². The predicted molar refractivity (Wildman–Crippen MR) is 142 cm³/mol. The van der Waals surface area contributed by atoms with Crippen LogP contribution < -0.4 is 4.74 Å². The molecule has 5 rings (SSSR count). The van der Waals surface area contributed by atoms with E-state index in [1.165, 1.54) is 10.4 Å². The zero-order chi connectivity index (χ0) is 26.2. The Morgan fingerprint density at radius 1 is 1.19 bits per heavy atom. The van der Waals surface area contributed by atoms with Gasteiger partial charge in [-0.25, -0.2) is 21.3 Å². The quantitative estimate of drug-likeness (QED) is 0.569. The van der Waals surface area contributed by atoms with E-state index in [0.717, 1.165) is 61.8 Å². The molecule has 0 bridgehead atoms. The standard InChI is InChI=1S/C27H37N5O4S/c1-27(2,3)36-26(34)32-13-11-31(12-14-32)18-6-8-19(9-7-18)35-24-23-22-17(15-21(33)28-4)5-10-20(22)37-25(23)30-16-29-24/h16-19,21,33H,5-15H2,1-3H3/t17-,18?,19?,21?/m1/s1. The zero-order valence-corrected chi connectivity index (χ0v) is 22.8. The van der Waals surface area contributed by atoms with Gasteiger partial charge in [-0.05, 0) is 70.8 Å². The zero-order valence-electron chi connectivity index (χ0n) is 22.0. The van der Waals surface area contributed by atoms with Crippen LogP contribution >= 0.6 is 11.3 Å². The van der Waals surface area contributed by atoms with E-state index in [4.69, 9.17) is 16.0 Å². The fraction of sp³-hybridized carbons (Fsp3) is 0.704. The van der Waals surface area contributed by atoms with Crippen LogP contribution in [0.2, 0.25) is 0 Å². The van der Waals surface area contributed by atoms with Crippen LogP contribution in [0.15, 0.2) is 6.33 Å². The molecule has 200 valence electrons. The van der Waals surface area contributed by atoms with Crippen LogP contribution in [0.1, 0.15) is 75.7 Å². The van der Waals surface area contributed by atoms with Gasteiger partial charge in [0.25, 0.3) is 0 Å². The molecule has 2 atom stereocenters. The van der Waals surface area contributed by atoms with Gasteiger partial charge < -0.3 is 19.5 Å². The molecule has 2 aromatic rings. The second-order valence-electron chi connectivity index (χ2n) is 11.4. The second kappa shape index (κ2) is 10.7. The summed E-state index contributed by atoms with van der Waals surface area (Å²) in [6.45, 7) is 16.0. The molecule has 1 aliphatic heterocycles. The average Bonchev–Trinajstić information content (AvgIpc) is 3.43. The van der Waals surface area contributed by atoms with Crippen molar-refractivity contribution >= 4 is 27.6 Å². The van der Waals surface area contributed by atoms with Gasteiger partial charge in [-0.1, -0.05) is 0 Å². The Labute approximate surface area is 222 Å². The van der Waals surface area contributed by atoms with Crippen LogP contribution in [0.4, 0.5) is 4.79 Å². The number of fused-ring (bicyclic) bond motifs is 3. The Bertz CT molecular complexity index is 1160. The minimum Gasteiger partial charge on any atom is -0.474 e. The first kappa shape index (κ1) is 26.1. The van der Waals surface area contributed by atoms with Crippen molar-refractivity contribution in [1.29, 1.82) is 0 Å². The number of aryl methyl sites for hydroxylation is 1. The third kappa shape index (κ3) is 5.84. The molecule has 0 radical (unpaired) electrons. The van der Waals surface area contributed by atoms with Gasteiger partial charge in [0.15, 0.2) is 0 Å². The number of thiophene rings is 1. The SMILES string of the molecule is [C-]#[N+]C(O)C[C@H]1CCc2sc3ncnc(OC4CCC(N5CCN(C(=O)OC(C)(C)C)CC5)CC4)c3c21. The highest BCUT2D eigenvalue weighted by molar-refractivity contribution is 7.19. The van der Waals surface area contributed by atoms with E-state index in [1.807, 2.05) is 25.7 Å². The van der Waals surface area contributed by atoms with Crippen LogP contribution in [0.5, 0.6) is 5.88 Å². The number of hydrogen-bond acceptors (Lipinski definition) is 8. The van der Waals surface area contributed by atoms with Gasteiger partial charge >= 0.3 is 12.3 Å². The van der Waals surface area contributed by atoms with Crippen LogP contribution in [-0.4, -0.2) is 81.1 Å². The van der Waals surface area contributed by atoms with Crippen LogP contribution in [0, 0.1) is 6.57 Å². The Hall–Kier alpha value is -2.48. The molecule has 2 aromatic heterocycles. The molecule has 1 unspecified atom stereocenters. The molecule has 3 aliphatic rings. The lowest BCUT2D eigenvalue weighted by Gasteiger charge is -2.42. The molecule has 2 fully saturated rings. The number of piperazine rings is 1. The third-order valence-corrected chi connectivity index (χ3v) is 8.92. The summed E-state index contributed by atoms with van der Waals surface area (Å²) in [6, 6.07) is 0.510. The van der Waals surface area contributed by atoms with E-state index < -0.39 is 11.8 Å². The Kier molecular flexibility index (Phi) is 7.57.